The Bertz CT molecular complexity index is 666. The molecular weight excluding hydrogens is 306 g/mol. The highest BCUT2D eigenvalue weighted by Crippen LogP contribution is 2.19. The number of hydrogen-bond donors (Lipinski definition) is 0. The van der Waals surface area contributed by atoms with Crippen LogP contribution in [0.2, 0.25) is 0 Å². The van der Waals surface area contributed by atoms with Crippen molar-refractivity contribution in [1.82, 2.24) is 9.80 Å². The van der Waals surface area contributed by atoms with E-state index in [-0.39, 0.29) is 17.8 Å². The Morgan fingerprint density at radius 1 is 1.41 bits per heavy atom. The molecule has 0 aliphatic carbocycles. The van der Waals surface area contributed by atoms with Crippen molar-refractivity contribution in [3.8, 4) is 0 Å². The molecule has 0 saturated carbocycles. The maximum atomic E-state index is 12.6. The lowest BCUT2D eigenvalue weighted by Crippen LogP contribution is -2.46. The quantitative estimate of drug-likeness (QED) is 0.720. The molecule has 3 rings (SSSR count). The molecule has 3 heterocycles. The number of amides is 1. The number of carbonyl (C=O) groups excluding carboxylic acids is 1. The van der Waals surface area contributed by atoms with Gasteiger partial charge in [-0.3, -0.25) is 4.79 Å². The second-order valence-corrected chi connectivity index (χ2v) is 7.25. The van der Waals surface area contributed by atoms with Gasteiger partial charge in [0.2, 0.25) is 0 Å². The van der Waals surface area contributed by atoms with Gasteiger partial charge in [-0.25, -0.2) is 8.42 Å². The van der Waals surface area contributed by atoms with Crippen molar-refractivity contribution in [2.45, 2.75) is 19.4 Å². The minimum Gasteiger partial charge on any atom is -0.375 e. The molecular formula is C14H19N3O4S. The maximum absolute atomic E-state index is 12.6. The van der Waals surface area contributed by atoms with Crippen LogP contribution in [0.1, 0.15) is 13.3 Å². The van der Waals surface area contributed by atoms with Crippen LogP contribution in [0.3, 0.4) is 0 Å². The van der Waals surface area contributed by atoms with Gasteiger partial charge in [0.1, 0.15) is 5.84 Å². The minimum atomic E-state index is -3.37. The average Bonchev–Trinajstić information content (AvgIpc) is 2.53. The summed E-state index contributed by atoms with van der Waals surface area (Å²) >= 11 is 0. The molecule has 3 aliphatic rings. The molecule has 0 N–H and O–H groups in total. The molecule has 1 atom stereocenters. The second-order valence-electron chi connectivity index (χ2n) is 5.50. The summed E-state index contributed by atoms with van der Waals surface area (Å²) in [6.45, 7) is 4.08. The lowest BCUT2D eigenvalue weighted by Gasteiger charge is -2.34. The third-order valence-electron chi connectivity index (χ3n) is 3.95. The van der Waals surface area contributed by atoms with Gasteiger partial charge in [-0.15, -0.1) is 4.40 Å². The van der Waals surface area contributed by atoms with Gasteiger partial charge in [0.25, 0.3) is 15.9 Å². The summed E-state index contributed by atoms with van der Waals surface area (Å²) in [6.07, 6.45) is 5.87. The van der Waals surface area contributed by atoms with E-state index in [1.807, 2.05) is 6.92 Å². The number of carbonyl (C=O) groups is 1. The fourth-order valence-electron chi connectivity index (χ4n) is 2.66. The maximum Gasteiger partial charge on any atom is 0.256 e. The fraction of sp³-hybridized carbons (Fsp3) is 0.571. The van der Waals surface area contributed by atoms with Gasteiger partial charge in [0.15, 0.2) is 0 Å². The van der Waals surface area contributed by atoms with Crippen LogP contribution in [-0.2, 0) is 19.6 Å². The zero-order valence-corrected chi connectivity index (χ0v) is 13.3. The number of sulfonamides is 1. The first kappa shape index (κ1) is 15.2. The number of morpholine rings is 1. The molecule has 120 valence electrons. The Labute approximate surface area is 130 Å². The molecule has 0 radical (unpaired) electrons. The highest BCUT2D eigenvalue weighted by atomic mass is 32.2. The summed E-state index contributed by atoms with van der Waals surface area (Å²) in [5.41, 5.74) is 0.551. The number of amidine groups is 1. The lowest BCUT2D eigenvalue weighted by molar-refractivity contribution is -0.134. The predicted molar refractivity (Wildman–Crippen MR) is 81.8 cm³/mol. The highest BCUT2D eigenvalue weighted by Gasteiger charge is 2.28. The van der Waals surface area contributed by atoms with Crippen LogP contribution in [-0.4, -0.2) is 68.1 Å². The summed E-state index contributed by atoms with van der Waals surface area (Å²) < 4.78 is 32.2. The topological polar surface area (TPSA) is 79.3 Å². The lowest BCUT2D eigenvalue weighted by atomic mass is 10.1. The van der Waals surface area contributed by atoms with Gasteiger partial charge >= 0.3 is 0 Å². The van der Waals surface area contributed by atoms with Gasteiger partial charge in [-0.2, -0.15) is 0 Å². The van der Waals surface area contributed by atoms with Crippen molar-refractivity contribution < 1.29 is 17.9 Å². The standard InChI is InChI=1S/C14H19N3O4S/c1-2-12-10-17(5-7-21-12)14(18)11-3-4-13-15-22(19,20)8-6-16(13)9-11/h3-4,9,12H,2,5-8,10H2,1H3/t12-/m0/s1. The van der Waals surface area contributed by atoms with Gasteiger partial charge in [0.05, 0.1) is 24.0 Å². The first-order valence-electron chi connectivity index (χ1n) is 7.38. The van der Waals surface area contributed by atoms with Gasteiger partial charge in [0, 0.05) is 25.8 Å². The highest BCUT2D eigenvalue weighted by molar-refractivity contribution is 7.90. The third kappa shape index (κ3) is 3.07. The van der Waals surface area contributed by atoms with Crippen LogP contribution in [0.15, 0.2) is 28.3 Å². The minimum absolute atomic E-state index is 0.0300. The van der Waals surface area contributed by atoms with E-state index in [0.717, 1.165) is 6.42 Å². The summed E-state index contributed by atoms with van der Waals surface area (Å²) in [5.74, 6) is 0.291. The number of ether oxygens (including phenoxy) is 1. The molecule has 0 unspecified atom stereocenters. The summed E-state index contributed by atoms with van der Waals surface area (Å²) in [7, 11) is -3.37. The monoisotopic (exact) mass is 325 g/mol. The SMILES string of the molecule is CC[C@H]1CN(C(=O)C2=CN3CCS(=O)(=O)N=C3C=C2)CCO1. The molecule has 7 nitrogen and oxygen atoms in total. The van der Waals surface area contributed by atoms with Crippen molar-refractivity contribution in [2.75, 3.05) is 32.0 Å². The van der Waals surface area contributed by atoms with E-state index in [4.69, 9.17) is 4.74 Å². The molecule has 8 heteroatoms. The first-order chi connectivity index (χ1) is 10.5. The number of hydrogen-bond acceptors (Lipinski definition) is 5. The molecule has 1 fully saturated rings. The largest absolute Gasteiger partial charge is 0.375 e. The molecule has 1 saturated heterocycles. The Morgan fingerprint density at radius 3 is 3.00 bits per heavy atom. The van der Waals surface area contributed by atoms with E-state index in [0.29, 0.717) is 37.6 Å². The molecule has 22 heavy (non-hydrogen) atoms. The molecule has 1 amide bonds. The zero-order valence-electron chi connectivity index (χ0n) is 12.4. The summed E-state index contributed by atoms with van der Waals surface area (Å²) in [4.78, 5) is 16.1. The Kier molecular flexibility index (Phi) is 4.05. The second kappa shape index (κ2) is 5.85. The van der Waals surface area contributed by atoms with Crippen LogP contribution in [0.25, 0.3) is 0 Å². The average molecular weight is 325 g/mol. The number of rotatable bonds is 2. The van der Waals surface area contributed by atoms with E-state index in [9.17, 15) is 13.2 Å². The van der Waals surface area contributed by atoms with Crippen molar-refractivity contribution >= 4 is 21.8 Å². The Hall–Kier alpha value is -1.67. The van der Waals surface area contributed by atoms with E-state index in [1.54, 1.807) is 28.2 Å². The first-order valence-corrected chi connectivity index (χ1v) is 8.99. The zero-order chi connectivity index (χ0) is 15.7. The van der Waals surface area contributed by atoms with Crippen LogP contribution in [0.4, 0.5) is 0 Å². The van der Waals surface area contributed by atoms with E-state index >= 15 is 0 Å². The van der Waals surface area contributed by atoms with Crippen LogP contribution >= 0.6 is 0 Å². The van der Waals surface area contributed by atoms with Crippen molar-refractivity contribution in [3.63, 3.8) is 0 Å². The number of nitrogens with zero attached hydrogens (tertiary/aromatic N) is 3. The van der Waals surface area contributed by atoms with Gasteiger partial charge in [-0.05, 0) is 18.6 Å². The van der Waals surface area contributed by atoms with Crippen LogP contribution in [0, 0.1) is 0 Å². The van der Waals surface area contributed by atoms with Crippen molar-refractivity contribution in [3.05, 3.63) is 23.9 Å². The third-order valence-corrected chi connectivity index (χ3v) is 5.12. The van der Waals surface area contributed by atoms with Crippen molar-refractivity contribution in [1.29, 1.82) is 0 Å². The summed E-state index contributed by atoms with van der Waals surface area (Å²) in [5, 5.41) is 0. The molecule has 0 aromatic rings. The Morgan fingerprint density at radius 2 is 2.23 bits per heavy atom. The predicted octanol–water partition coefficient (Wildman–Crippen LogP) is 0.121. The van der Waals surface area contributed by atoms with Crippen molar-refractivity contribution in [2.24, 2.45) is 4.40 Å². The fourth-order valence-corrected chi connectivity index (χ4v) is 3.63. The molecule has 3 aliphatic heterocycles. The van der Waals surface area contributed by atoms with Crippen LogP contribution < -0.4 is 0 Å². The number of fused-ring (bicyclic) bond motifs is 1. The van der Waals surface area contributed by atoms with E-state index in [1.165, 1.54) is 0 Å². The molecule has 0 aromatic heterocycles. The smallest absolute Gasteiger partial charge is 0.256 e. The molecule has 0 aromatic carbocycles. The van der Waals surface area contributed by atoms with Gasteiger partial charge < -0.3 is 14.5 Å². The summed E-state index contributed by atoms with van der Waals surface area (Å²) in [6, 6.07) is 0. The van der Waals surface area contributed by atoms with Crippen LogP contribution in [0.5, 0.6) is 0 Å². The Balaban J connectivity index is 1.75. The molecule has 0 bridgehead atoms. The van der Waals surface area contributed by atoms with Gasteiger partial charge in [-0.1, -0.05) is 6.92 Å². The molecule has 0 spiro atoms. The van der Waals surface area contributed by atoms with E-state index in [2.05, 4.69) is 4.40 Å². The van der Waals surface area contributed by atoms with E-state index < -0.39 is 10.0 Å². The normalized spacial score (nSPS) is 27.0.